The van der Waals surface area contributed by atoms with E-state index in [0.717, 1.165) is 30.5 Å². The average molecular weight is 281 g/mol. The number of nitrogens with zero attached hydrogens (tertiary/aromatic N) is 1. The summed E-state index contributed by atoms with van der Waals surface area (Å²) < 4.78 is 0. The first-order valence-corrected chi connectivity index (χ1v) is 7.28. The number of rotatable bonds is 3. The van der Waals surface area contributed by atoms with E-state index in [4.69, 9.17) is 5.73 Å². The number of carbonyl (C=O) groups is 1. The van der Waals surface area contributed by atoms with Gasteiger partial charge in [-0.05, 0) is 41.2 Å². The maximum Gasteiger partial charge on any atom is 0.267 e. The molecular weight excluding hydrogens is 262 g/mol. The van der Waals surface area contributed by atoms with Crippen LogP contribution in [0, 0.1) is 0 Å². The van der Waals surface area contributed by atoms with E-state index in [9.17, 15) is 4.79 Å². The van der Waals surface area contributed by atoms with Crippen LogP contribution in [0.1, 0.15) is 45.7 Å². The molecule has 1 amide bonds. The maximum atomic E-state index is 11.6. The van der Waals surface area contributed by atoms with Crippen LogP contribution in [0.2, 0.25) is 0 Å². The Bertz CT molecular complexity index is 681. The van der Waals surface area contributed by atoms with Crippen LogP contribution in [0.15, 0.2) is 36.5 Å². The van der Waals surface area contributed by atoms with E-state index in [1.54, 1.807) is 6.20 Å². The molecule has 1 aliphatic rings. The van der Waals surface area contributed by atoms with Crippen LogP contribution in [-0.2, 0) is 19.4 Å². The minimum Gasteiger partial charge on any atom is -0.364 e. The molecule has 108 valence electrons. The van der Waals surface area contributed by atoms with Gasteiger partial charge in [0, 0.05) is 18.8 Å². The van der Waals surface area contributed by atoms with Gasteiger partial charge in [-0.1, -0.05) is 31.2 Å². The lowest BCUT2D eigenvalue weighted by atomic mass is 9.88. The van der Waals surface area contributed by atoms with E-state index in [-0.39, 0.29) is 6.04 Å². The molecule has 21 heavy (non-hydrogen) atoms. The van der Waals surface area contributed by atoms with Crippen molar-refractivity contribution >= 4 is 5.91 Å². The molecule has 0 radical (unpaired) electrons. The topological polar surface area (TPSA) is 68.0 Å². The van der Waals surface area contributed by atoms with E-state index in [0.29, 0.717) is 5.69 Å². The summed E-state index contributed by atoms with van der Waals surface area (Å²) in [5.74, 6) is -0.454. The monoisotopic (exact) mass is 281 g/mol. The number of benzene rings is 1. The predicted molar refractivity (Wildman–Crippen MR) is 81.9 cm³/mol. The Kier molecular flexibility index (Phi) is 3.71. The van der Waals surface area contributed by atoms with Gasteiger partial charge in [0.15, 0.2) is 0 Å². The molecule has 1 aromatic heterocycles. The fourth-order valence-corrected chi connectivity index (χ4v) is 3.09. The molecule has 0 saturated carbocycles. The summed E-state index contributed by atoms with van der Waals surface area (Å²) in [5, 5.41) is 3.55. The molecule has 2 aromatic rings. The van der Waals surface area contributed by atoms with E-state index in [2.05, 4.69) is 34.6 Å². The fraction of sp³-hybridized carbons (Fsp3) is 0.294. The van der Waals surface area contributed by atoms with Crippen molar-refractivity contribution in [3.05, 3.63) is 64.5 Å². The molecule has 1 aromatic carbocycles. The van der Waals surface area contributed by atoms with Crippen molar-refractivity contribution in [2.45, 2.75) is 32.4 Å². The molecule has 0 aliphatic carbocycles. The number of carbonyl (C=O) groups excluding carboxylic acids is 1. The van der Waals surface area contributed by atoms with Crippen LogP contribution >= 0.6 is 0 Å². The fourth-order valence-electron chi connectivity index (χ4n) is 3.09. The SMILES string of the molecule is CCc1c(C2Cc3ccccc3CN2)ccnc1C(N)=O. The summed E-state index contributed by atoms with van der Waals surface area (Å²) in [5.41, 5.74) is 10.6. The first kappa shape index (κ1) is 13.8. The molecule has 0 saturated heterocycles. The number of amides is 1. The molecule has 4 heteroatoms. The van der Waals surface area contributed by atoms with Gasteiger partial charge >= 0.3 is 0 Å². The van der Waals surface area contributed by atoms with Gasteiger partial charge in [-0.25, -0.2) is 0 Å². The smallest absolute Gasteiger partial charge is 0.267 e. The van der Waals surface area contributed by atoms with Crippen molar-refractivity contribution in [1.82, 2.24) is 10.3 Å². The zero-order valence-electron chi connectivity index (χ0n) is 12.1. The second kappa shape index (κ2) is 5.66. The Morgan fingerprint density at radius 2 is 2.10 bits per heavy atom. The van der Waals surface area contributed by atoms with Crippen LogP contribution in [0.25, 0.3) is 0 Å². The van der Waals surface area contributed by atoms with Gasteiger partial charge in [0.1, 0.15) is 5.69 Å². The Morgan fingerprint density at radius 3 is 2.81 bits per heavy atom. The lowest BCUT2D eigenvalue weighted by Crippen LogP contribution is -2.30. The summed E-state index contributed by atoms with van der Waals surface area (Å²) >= 11 is 0. The van der Waals surface area contributed by atoms with E-state index < -0.39 is 5.91 Å². The van der Waals surface area contributed by atoms with Gasteiger partial charge in [0.05, 0.1) is 0 Å². The summed E-state index contributed by atoms with van der Waals surface area (Å²) in [7, 11) is 0. The van der Waals surface area contributed by atoms with Crippen LogP contribution < -0.4 is 11.1 Å². The highest BCUT2D eigenvalue weighted by atomic mass is 16.1. The Morgan fingerprint density at radius 1 is 1.33 bits per heavy atom. The number of hydrogen-bond donors (Lipinski definition) is 2. The maximum absolute atomic E-state index is 11.6. The predicted octanol–water partition coefficient (Wildman–Crippen LogP) is 2.13. The largest absolute Gasteiger partial charge is 0.364 e. The third kappa shape index (κ3) is 2.54. The standard InChI is InChI=1S/C17H19N3O/c1-2-13-14(7-8-19-16(13)17(18)21)15-9-11-5-3-4-6-12(11)10-20-15/h3-8,15,20H,2,9-10H2,1H3,(H2,18,21). The normalized spacial score (nSPS) is 17.3. The van der Waals surface area contributed by atoms with Crippen LogP contribution in [0.5, 0.6) is 0 Å². The first-order valence-electron chi connectivity index (χ1n) is 7.28. The van der Waals surface area contributed by atoms with Crippen LogP contribution in [-0.4, -0.2) is 10.9 Å². The Balaban J connectivity index is 1.99. The van der Waals surface area contributed by atoms with Crippen molar-refractivity contribution in [2.75, 3.05) is 0 Å². The van der Waals surface area contributed by atoms with Gasteiger partial charge < -0.3 is 11.1 Å². The molecule has 4 nitrogen and oxygen atoms in total. The highest BCUT2D eigenvalue weighted by Crippen LogP contribution is 2.28. The number of aromatic nitrogens is 1. The highest BCUT2D eigenvalue weighted by molar-refractivity contribution is 5.92. The molecule has 0 fully saturated rings. The zero-order valence-corrected chi connectivity index (χ0v) is 12.1. The molecular formula is C17H19N3O. The summed E-state index contributed by atoms with van der Waals surface area (Å²) in [4.78, 5) is 15.7. The van der Waals surface area contributed by atoms with Crippen molar-refractivity contribution in [1.29, 1.82) is 0 Å². The average Bonchev–Trinajstić information content (AvgIpc) is 2.53. The molecule has 1 aliphatic heterocycles. The van der Waals surface area contributed by atoms with Crippen molar-refractivity contribution in [2.24, 2.45) is 5.73 Å². The summed E-state index contributed by atoms with van der Waals surface area (Å²) in [6, 6.07) is 10.7. The van der Waals surface area contributed by atoms with E-state index >= 15 is 0 Å². The van der Waals surface area contributed by atoms with Crippen LogP contribution in [0.4, 0.5) is 0 Å². The molecule has 3 rings (SSSR count). The minimum atomic E-state index is -0.454. The molecule has 1 atom stereocenters. The van der Waals surface area contributed by atoms with Crippen molar-refractivity contribution in [3.8, 4) is 0 Å². The zero-order chi connectivity index (χ0) is 14.8. The van der Waals surface area contributed by atoms with Crippen LogP contribution in [0.3, 0.4) is 0 Å². The number of primary amides is 1. The van der Waals surface area contributed by atoms with Gasteiger partial charge in [-0.3, -0.25) is 9.78 Å². The Hall–Kier alpha value is -2.20. The van der Waals surface area contributed by atoms with Gasteiger partial charge in [0.2, 0.25) is 0 Å². The third-order valence-corrected chi connectivity index (χ3v) is 4.14. The van der Waals surface area contributed by atoms with Crippen molar-refractivity contribution in [3.63, 3.8) is 0 Å². The molecule has 1 unspecified atom stereocenters. The van der Waals surface area contributed by atoms with E-state index in [1.807, 2.05) is 13.0 Å². The number of hydrogen-bond acceptors (Lipinski definition) is 3. The minimum absolute atomic E-state index is 0.205. The van der Waals surface area contributed by atoms with Gasteiger partial charge in [-0.15, -0.1) is 0 Å². The molecule has 2 heterocycles. The molecule has 0 spiro atoms. The molecule has 0 bridgehead atoms. The molecule has 3 N–H and O–H groups in total. The van der Waals surface area contributed by atoms with Gasteiger partial charge in [-0.2, -0.15) is 0 Å². The van der Waals surface area contributed by atoms with Crippen molar-refractivity contribution < 1.29 is 4.79 Å². The van der Waals surface area contributed by atoms with E-state index in [1.165, 1.54) is 11.1 Å². The van der Waals surface area contributed by atoms with Gasteiger partial charge in [0.25, 0.3) is 5.91 Å². The number of fused-ring (bicyclic) bond motifs is 1. The second-order valence-electron chi connectivity index (χ2n) is 5.35. The highest BCUT2D eigenvalue weighted by Gasteiger charge is 2.23. The number of nitrogens with one attached hydrogen (secondary N) is 1. The lowest BCUT2D eigenvalue weighted by Gasteiger charge is -2.28. The summed E-state index contributed by atoms with van der Waals surface area (Å²) in [6.45, 7) is 2.88. The lowest BCUT2D eigenvalue weighted by molar-refractivity contribution is 0.0994. The third-order valence-electron chi connectivity index (χ3n) is 4.14. The second-order valence-corrected chi connectivity index (χ2v) is 5.35. The quantitative estimate of drug-likeness (QED) is 0.905. The first-order chi connectivity index (χ1) is 10.2. The Labute approximate surface area is 124 Å². The summed E-state index contributed by atoms with van der Waals surface area (Å²) in [6.07, 6.45) is 3.35. The number of pyridine rings is 1. The number of nitrogens with two attached hydrogens (primary N) is 1.